The second-order valence-corrected chi connectivity index (χ2v) is 8.83. The number of hydrogen-bond acceptors (Lipinski definition) is 1. The number of halogens is 4. The first kappa shape index (κ1) is 21.1. The topological polar surface area (TPSA) is 12.4 Å². The summed E-state index contributed by atoms with van der Waals surface area (Å²) < 4.78 is 54.6. The van der Waals surface area contributed by atoms with E-state index in [1.165, 1.54) is 13.1 Å². The quantitative estimate of drug-likeness (QED) is 0.233. The van der Waals surface area contributed by atoms with Crippen LogP contribution in [0.2, 0.25) is 0 Å². The third-order valence-corrected chi connectivity index (χ3v) is 4.50. The van der Waals surface area contributed by atoms with Gasteiger partial charge in [-0.05, 0) is 46.6 Å². The average Bonchev–Trinajstić information content (AvgIpc) is 2.56. The van der Waals surface area contributed by atoms with E-state index < -0.39 is 29.0 Å². The Morgan fingerprint density at radius 2 is 1.15 bits per heavy atom. The van der Waals surface area contributed by atoms with Gasteiger partial charge in [-0.3, -0.25) is 4.99 Å². The van der Waals surface area contributed by atoms with Gasteiger partial charge < -0.3 is 0 Å². The molecule has 0 saturated heterocycles. The second kappa shape index (κ2) is 7.10. The summed E-state index contributed by atoms with van der Waals surface area (Å²) in [5.41, 5.74) is 1.64. The largest absolute Gasteiger partial charge is 0.253 e. The highest BCUT2D eigenvalue weighted by Crippen LogP contribution is 2.32. The van der Waals surface area contributed by atoms with Gasteiger partial charge in [-0.15, -0.1) is 0 Å². The van der Waals surface area contributed by atoms with Gasteiger partial charge in [-0.1, -0.05) is 47.6 Å². The normalized spacial score (nSPS) is 12.9. The smallest absolute Gasteiger partial charge is 0.199 e. The van der Waals surface area contributed by atoms with Gasteiger partial charge >= 0.3 is 0 Å². The van der Waals surface area contributed by atoms with Crippen LogP contribution in [0.25, 0.3) is 0 Å². The fourth-order valence-electron chi connectivity index (χ4n) is 2.61. The number of nitrogens with zero attached hydrogens (tertiary/aromatic N) is 1. The SMILES string of the molecule is Cc1c(F)c(F)c(F)c(F)c1/N=C/c1cc(C(C)(C)C)cc(C(C)(C)C)c1. The van der Waals surface area contributed by atoms with Crippen LogP contribution in [0.1, 0.15) is 63.8 Å². The lowest BCUT2D eigenvalue weighted by molar-refractivity contribution is 0.407. The highest BCUT2D eigenvalue weighted by atomic mass is 19.2. The molecule has 0 atom stereocenters. The van der Waals surface area contributed by atoms with Crippen LogP contribution in [0, 0.1) is 30.2 Å². The first-order valence-electron chi connectivity index (χ1n) is 8.76. The van der Waals surface area contributed by atoms with Crippen molar-refractivity contribution in [2.75, 3.05) is 0 Å². The summed E-state index contributed by atoms with van der Waals surface area (Å²) in [5, 5.41) is 0. The van der Waals surface area contributed by atoms with Gasteiger partial charge in [-0.2, -0.15) is 0 Å². The van der Waals surface area contributed by atoms with Gasteiger partial charge in [0, 0.05) is 11.8 Å². The molecule has 146 valence electrons. The first-order chi connectivity index (χ1) is 12.2. The molecule has 0 radical (unpaired) electrons. The molecule has 27 heavy (non-hydrogen) atoms. The summed E-state index contributed by atoms with van der Waals surface area (Å²) in [7, 11) is 0. The summed E-state index contributed by atoms with van der Waals surface area (Å²) in [6, 6.07) is 5.92. The summed E-state index contributed by atoms with van der Waals surface area (Å²) in [6.45, 7) is 13.6. The lowest BCUT2D eigenvalue weighted by Gasteiger charge is -2.25. The van der Waals surface area contributed by atoms with Crippen molar-refractivity contribution in [3.8, 4) is 0 Å². The Balaban J connectivity index is 2.61. The van der Waals surface area contributed by atoms with Crippen LogP contribution in [0.15, 0.2) is 23.2 Å². The highest BCUT2D eigenvalue weighted by Gasteiger charge is 2.23. The lowest BCUT2D eigenvalue weighted by atomic mass is 9.79. The van der Waals surface area contributed by atoms with Gasteiger partial charge in [0.1, 0.15) is 5.69 Å². The number of rotatable bonds is 2. The molecule has 0 aliphatic carbocycles. The molecule has 0 aromatic heterocycles. The fraction of sp³-hybridized carbons (Fsp3) is 0.409. The maximum absolute atomic E-state index is 14.0. The van der Waals surface area contributed by atoms with Crippen LogP contribution in [0.3, 0.4) is 0 Å². The molecule has 0 bridgehead atoms. The summed E-state index contributed by atoms with van der Waals surface area (Å²) in [4.78, 5) is 3.94. The van der Waals surface area contributed by atoms with Crippen LogP contribution in [-0.2, 0) is 10.8 Å². The summed E-state index contributed by atoms with van der Waals surface area (Å²) in [5.74, 6) is -6.61. The highest BCUT2D eigenvalue weighted by molar-refractivity contribution is 5.83. The molecular weight excluding hydrogens is 354 g/mol. The van der Waals surface area contributed by atoms with Crippen LogP contribution in [-0.4, -0.2) is 6.21 Å². The molecule has 0 N–H and O–H groups in total. The maximum Gasteiger partial charge on any atom is 0.199 e. The van der Waals surface area contributed by atoms with Crippen molar-refractivity contribution in [1.29, 1.82) is 0 Å². The van der Waals surface area contributed by atoms with Crippen molar-refractivity contribution in [3.63, 3.8) is 0 Å². The van der Waals surface area contributed by atoms with Crippen LogP contribution < -0.4 is 0 Å². The molecule has 0 heterocycles. The molecule has 0 saturated carbocycles. The van der Waals surface area contributed by atoms with E-state index in [-0.39, 0.29) is 16.4 Å². The van der Waals surface area contributed by atoms with E-state index in [2.05, 4.69) is 52.6 Å². The Labute approximate surface area is 158 Å². The minimum absolute atomic E-state index is 0.126. The molecule has 2 aromatic carbocycles. The number of benzene rings is 2. The van der Waals surface area contributed by atoms with Crippen molar-refractivity contribution in [2.45, 2.75) is 59.3 Å². The zero-order valence-corrected chi connectivity index (χ0v) is 16.8. The molecule has 2 aromatic rings. The molecule has 0 spiro atoms. The first-order valence-corrected chi connectivity index (χ1v) is 8.76. The minimum atomic E-state index is -1.86. The Kier molecular flexibility index (Phi) is 5.56. The number of hydrogen-bond donors (Lipinski definition) is 0. The Morgan fingerprint density at radius 1 is 0.704 bits per heavy atom. The predicted octanol–water partition coefficient (Wildman–Crippen LogP) is 6.90. The molecule has 0 unspecified atom stereocenters. The van der Waals surface area contributed by atoms with E-state index in [1.54, 1.807) is 0 Å². The van der Waals surface area contributed by atoms with Gasteiger partial charge in [0.25, 0.3) is 0 Å². The Bertz CT molecular complexity index is 839. The van der Waals surface area contributed by atoms with Crippen molar-refractivity contribution in [1.82, 2.24) is 0 Å². The zero-order chi connectivity index (χ0) is 20.7. The molecule has 0 aliphatic heterocycles. The van der Waals surface area contributed by atoms with E-state index >= 15 is 0 Å². The van der Waals surface area contributed by atoms with Crippen molar-refractivity contribution < 1.29 is 17.6 Å². The maximum atomic E-state index is 14.0. The third-order valence-electron chi connectivity index (χ3n) is 4.50. The monoisotopic (exact) mass is 379 g/mol. The Hall–Kier alpha value is -2.17. The van der Waals surface area contributed by atoms with Crippen molar-refractivity contribution in [3.05, 3.63) is 63.7 Å². The second-order valence-electron chi connectivity index (χ2n) is 8.83. The fourth-order valence-corrected chi connectivity index (χ4v) is 2.61. The van der Waals surface area contributed by atoms with E-state index in [0.29, 0.717) is 5.56 Å². The molecule has 0 aliphatic rings. The van der Waals surface area contributed by atoms with Gasteiger partial charge in [-0.25, -0.2) is 17.6 Å². The number of aliphatic imine (C=N–C) groups is 1. The Morgan fingerprint density at radius 3 is 1.59 bits per heavy atom. The third kappa shape index (κ3) is 4.40. The zero-order valence-electron chi connectivity index (χ0n) is 16.8. The average molecular weight is 379 g/mol. The van der Waals surface area contributed by atoms with Gasteiger partial charge in [0.2, 0.25) is 0 Å². The van der Waals surface area contributed by atoms with E-state index in [1.807, 2.05) is 12.1 Å². The molecule has 0 amide bonds. The molecule has 1 nitrogen and oxygen atoms in total. The van der Waals surface area contributed by atoms with Crippen LogP contribution >= 0.6 is 0 Å². The molecule has 2 rings (SSSR count). The predicted molar refractivity (Wildman–Crippen MR) is 102 cm³/mol. The standard InChI is InChI=1S/C22H25F4N/c1-12-16(23)17(24)18(25)19(26)20(12)27-11-13-8-14(21(2,3)4)10-15(9-13)22(5,6)7/h8-11H,1-7H3/b27-11+. The molecule has 5 heteroatoms. The minimum Gasteiger partial charge on any atom is -0.253 e. The van der Waals surface area contributed by atoms with Crippen molar-refractivity contribution in [2.24, 2.45) is 4.99 Å². The van der Waals surface area contributed by atoms with Crippen LogP contribution in [0.4, 0.5) is 23.2 Å². The van der Waals surface area contributed by atoms with Gasteiger partial charge in [0.05, 0.1) is 0 Å². The van der Waals surface area contributed by atoms with Crippen LogP contribution in [0.5, 0.6) is 0 Å². The lowest BCUT2D eigenvalue weighted by Crippen LogP contribution is -2.17. The van der Waals surface area contributed by atoms with Gasteiger partial charge in [0.15, 0.2) is 23.3 Å². The molecule has 0 fully saturated rings. The van der Waals surface area contributed by atoms with E-state index in [4.69, 9.17) is 0 Å². The summed E-state index contributed by atoms with van der Waals surface area (Å²) >= 11 is 0. The van der Waals surface area contributed by atoms with E-state index in [0.717, 1.165) is 11.1 Å². The summed E-state index contributed by atoms with van der Waals surface area (Å²) in [6.07, 6.45) is 1.35. The van der Waals surface area contributed by atoms with E-state index in [9.17, 15) is 17.6 Å². The van der Waals surface area contributed by atoms with Crippen molar-refractivity contribution >= 4 is 11.9 Å². The molecular formula is C22H25F4N.